The number of carbonyl (C=O) groups is 1. The summed E-state index contributed by atoms with van der Waals surface area (Å²) < 4.78 is 0. The second kappa shape index (κ2) is 6.62. The molecule has 1 fully saturated rings. The van der Waals surface area contributed by atoms with E-state index in [9.17, 15) is 4.79 Å². The molecular formula is C14H21NOS2. The Kier molecular flexibility index (Phi) is 5.13. The molecule has 2 nitrogen and oxygen atoms in total. The van der Waals surface area contributed by atoms with Gasteiger partial charge >= 0.3 is 0 Å². The van der Waals surface area contributed by atoms with E-state index in [4.69, 9.17) is 0 Å². The van der Waals surface area contributed by atoms with Crippen LogP contribution < -0.4 is 5.32 Å². The van der Waals surface area contributed by atoms with Gasteiger partial charge in [0, 0.05) is 16.8 Å². The Morgan fingerprint density at radius 3 is 3.06 bits per heavy atom. The molecule has 1 amide bonds. The fraction of sp³-hybridized carbons (Fsp3) is 0.643. The highest BCUT2D eigenvalue weighted by Gasteiger charge is 2.18. The smallest absolute Gasteiger partial charge is 0.261 e. The second-order valence-electron chi connectivity index (χ2n) is 5.35. The average molecular weight is 283 g/mol. The van der Waals surface area contributed by atoms with E-state index in [0.29, 0.717) is 0 Å². The quantitative estimate of drug-likeness (QED) is 0.804. The van der Waals surface area contributed by atoms with Gasteiger partial charge in [0.05, 0.1) is 4.88 Å². The molecule has 0 aliphatic heterocycles. The van der Waals surface area contributed by atoms with Crippen LogP contribution in [0.15, 0.2) is 16.3 Å². The normalized spacial score (nSPS) is 23.9. The molecule has 4 heteroatoms. The van der Waals surface area contributed by atoms with Gasteiger partial charge in [-0.05, 0) is 30.7 Å². The first kappa shape index (κ1) is 13.9. The van der Waals surface area contributed by atoms with Crippen LogP contribution in [0.3, 0.4) is 0 Å². The van der Waals surface area contributed by atoms with Crippen LogP contribution in [0.1, 0.15) is 48.7 Å². The number of rotatable bonds is 4. The van der Waals surface area contributed by atoms with E-state index in [0.717, 1.165) is 34.6 Å². The minimum absolute atomic E-state index is 0.0455. The highest BCUT2D eigenvalue weighted by atomic mass is 32.1. The molecule has 18 heavy (non-hydrogen) atoms. The van der Waals surface area contributed by atoms with Crippen LogP contribution in [-0.4, -0.2) is 12.5 Å². The second-order valence-corrected chi connectivity index (χ2v) is 6.78. The Hall–Kier alpha value is -0.480. The minimum atomic E-state index is 0.0455. The van der Waals surface area contributed by atoms with Crippen LogP contribution in [0.25, 0.3) is 0 Å². The molecule has 0 aromatic carbocycles. The molecule has 0 spiro atoms. The molecule has 1 aromatic rings. The van der Waals surface area contributed by atoms with Crippen molar-refractivity contribution in [2.45, 2.75) is 43.9 Å². The van der Waals surface area contributed by atoms with Gasteiger partial charge in [-0.15, -0.1) is 24.0 Å². The minimum Gasteiger partial charge on any atom is -0.351 e. The lowest BCUT2D eigenvalue weighted by atomic mass is 9.81. The molecule has 0 radical (unpaired) electrons. The molecule has 1 N–H and O–H groups in total. The maximum atomic E-state index is 11.8. The van der Waals surface area contributed by atoms with E-state index >= 15 is 0 Å². The summed E-state index contributed by atoms with van der Waals surface area (Å²) in [7, 11) is 0. The number of nitrogens with one attached hydrogen (secondary N) is 1. The molecule has 0 saturated heterocycles. The topological polar surface area (TPSA) is 29.1 Å². The van der Waals surface area contributed by atoms with E-state index in [2.05, 4.69) is 24.9 Å². The van der Waals surface area contributed by atoms with Crippen LogP contribution in [0.4, 0.5) is 0 Å². The highest BCUT2D eigenvalue weighted by Crippen LogP contribution is 2.30. The molecule has 2 atom stereocenters. The summed E-state index contributed by atoms with van der Waals surface area (Å²) >= 11 is 5.67. The Bertz CT molecular complexity index is 402. The van der Waals surface area contributed by atoms with E-state index in [1.165, 1.54) is 37.0 Å². The van der Waals surface area contributed by atoms with Crippen molar-refractivity contribution in [1.82, 2.24) is 5.32 Å². The van der Waals surface area contributed by atoms with E-state index in [1.54, 1.807) is 0 Å². The Balaban J connectivity index is 1.70. The van der Waals surface area contributed by atoms with Crippen molar-refractivity contribution < 1.29 is 4.79 Å². The summed E-state index contributed by atoms with van der Waals surface area (Å²) in [5, 5.41) is 4.90. The van der Waals surface area contributed by atoms with E-state index < -0.39 is 0 Å². The van der Waals surface area contributed by atoms with E-state index in [1.807, 2.05) is 11.4 Å². The van der Waals surface area contributed by atoms with Gasteiger partial charge in [-0.3, -0.25) is 4.79 Å². The zero-order chi connectivity index (χ0) is 13.0. The fourth-order valence-corrected chi connectivity index (χ4v) is 3.81. The summed E-state index contributed by atoms with van der Waals surface area (Å²) in [6.45, 7) is 3.14. The van der Waals surface area contributed by atoms with Gasteiger partial charge in [0.1, 0.15) is 0 Å². The zero-order valence-electron chi connectivity index (χ0n) is 10.8. The van der Waals surface area contributed by atoms with Crippen LogP contribution in [0.2, 0.25) is 0 Å². The molecular weight excluding hydrogens is 262 g/mol. The van der Waals surface area contributed by atoms with Crippen molar-refractivity contribution in [3.8, 4) is 0 Å². The van der Waals surface area contributed by atoms with Gasteiger partial charge in [-0.1, -0.05) is 26.2 Å². The number of thiophene rings is 1. The van der Waals surface area contributed by atoms with Gasteiger partial charge in [0.25, 0.3) is 5.91 Å². The predicted octanol–water partition coefficient (Wildman–Crippen LogP) is 3.98. The first-order valence-electron chi connectivity index (χ1n) is 6.71. The molecule has 100 valence electrons. The van der Waals surface area contributed by atoms with Crippen molar-refractivity contribution >= 4 is 29.9 Å². The summed E-state index contributed by atoms with van der Waals surface area (Å²) in [5.41, 5.74) is 0. The van der Waals surface area contributed by atoms with Crippen LogP contribution in [-0.2, 0) is 0 Å². The molecule has 2 unspecified atom stereocenters. The van der Waals surface area contributed by atoms with Crippen molar-refractivity contribution in [3.05, 3.63) is 16.3 Å². The van der Waals surface area contributed by atoms with Gasteiger partial charge in [0.15, 0.2) is 0 Å². The largest absolute Gasteiger partial charge is 0.351 e. The Morgan fingerprint density at radius 1 is 1.56 bits per heavy atom. The molecule has 1 aliphatic rings. The molecule has 1 aliphatic carbocycles. The molecule has 1 saturated carbocycles. The standard InChI is InChI=1S/C14H21NOS2/c1-10-3-2-4-11(7-10)5-6-15-14(16)13-8-12(17)9-18-13/h8-11,17H,2-7H2,1H3,(H,15,16). The predicted molar refractivity (Wildman–Crippen MR) is 79.6 cm³/mol. The summed E-state index contributed by atoms with van der Waals surface area (Å²) in [5.74, 6) is 1.71. The maximum absolute atomic E-state index is 11.8. The molecule has 0 bridgehead atoms. The lowest BCUT2D eigenvalue weighted by Gasteiger charge is -2.26. The first-order chi connectivity index (χ1) is 8.65. The first-order valence-corrected chi connectivity index (χ1v) is 8.03. The van der Waals surface area contributed by atoms with Crippen LogP contribution in [0, 0.1) is 11.8 Å². The molecule has 1 aromatic heterocycles. The fourth-order valence-electron chi connectivity index (χ4n) is 2.74. The summed E-state index contributed by atoms with van der Waals surface area (Å²) in [6, 6.07) is 1.83. The van der Waals surface area contributed by atoms with Crippen molar-refractivity contribution in [3.63, 3.8) is 0 Å². The number of carbonyl (C=O) groups excluding carboxylic acids is 1. The van der Waals surface area contributed by atoms with Crippen molar-refractivity contribution in [2.75, 3.05) is 6.54 Å². The van der Waals surface area contributed by atoms with Crippen LogP contribution in [0.5, 0.6) is 0 Å². The molecule has 2 rings (SSSR count). The third-order valence-electron chi connectivity index (χ3n) is 3.69. The molecule has 1 heterocycles. The van der Waals surface area contributed by atoms with Gasteiger partial charge < -0.3 is 5.32 Å². The van der Waals surface area contributed by atoms with Gasteiger partial charge in [-0.2, -0.15) is 0 Å². The summed E-state index contributed by atoms with van der Waals surface area (Å²) in [4.78, 5) is 13.5. The SMILES string of the molecule is CC1CCCC(CCNC(=O)c2cc(S)cs2)C1. The summed E-state index contributed by atoms with van der Waals surface area (Å²) in [6.07, 6.45) is 6.52. The number of hydrogen-bond acceptors (Lipinski definition) is 3. The van der Waals surface area contributed by atoms with E-state index in [-0.39, 0.29) is 5.91 Å². The Morgan fingerprint density at radius 2 is 2.39 bits per heavy atom. The van der Waals surface area contributed by atoms with Crippen LogP contribution >= 0.6 is 24.0 Å². The maximum Gasteiger partial charge on any atom is 0.261 e. The third-order valence-corrected chi connectivity index (χ3v) is 5.05. The monoisotopic (exact) mass is 283 g/mol. The van der Waals surface area contributed by atoms with Gasteiger partial charge in [0.2, 0.25) is 0 Å². The Labute approximate surface area is 119 Å². The van der Waals surface area contributed by atoms with Crippen molar-refractivity contribution in [1.29, 1.82) is 0 Å². The number of hydrogen-bond donors (Lipinski definition) is 2. The van der Waals surface area contributed by atoms with Crippen molar-refractivity contribution in [2.24, 2.45) is 11.8 Å². The number of thiol groups is 1. The average Bonchev–Trinajstić information content (AvgIpc) is 2.76. The lowest BCUT2D eigenvalue weighted by molar-refractivity contribution is 0.0953. The van der Waals surface area contributed by atoms with Gasteiger partial charge in [-0.25, -0.2) is 0 Å². The number of amides is 1. The highest BCUT2D eigenvalue weighted by molar-refractivity contribution is 7.80. The zero-order valence-corrected chi connectivity index (χ0v) is 12.5. The lowest BCUT2D eigenvalue weighted by Crippen LogP contribution is -2.26. The third kappa shape index (κ3) is 4.02.